The average Bonchev–Trinajstić information content (AvgIpc) is 3.38. The van der Waals surface area contributed by atoms with Gasteiger partial charge in [-0.1, -0.05) is 12.1 Å². The van der Waals surface area contributed by atoms with Crippen LogP contribution in [0.15, 0.2) is 40.7 Å². The Morgan fingerprint density at radius 3 is 3.00 bits per heavy atom. The van der Waals surface area contributed by atoms with E-state index in [0.29, 0.717) is 0 Å². The second kappa shape index (κ2) is 6.11. The van der Waals surface area contributed by atoms with Crippen molar-refractivity contribution < 1.29 is 4.79 Å². The molecule has 2 atom stereocenters. The zero-order valence-electron chi connectivity index (χ0n) is 14.8. The molecule has 1 aromatic carbocycles. The predicted octanol–water partition coefficient (Wildman–Crippen LogP) is 3.42. The molecule has 0 radical (unpaired) electrons. The maximum Gasteiger partial charge on any atom is 0.244 e. The first-order valence-electron chi connectivity index (χ1n) is 8.78. The van der Waals surface area contributed by atoms with Gasteiger partial charge in [0.25, 0.3) is 0 Å². The van der Waals surface area contributed by atoms with Crippen LogP contribution in [0.3, 0.4) is 0 Å². The number of para-hydroxylation sites is 1. The highest BCUT2D eigenvalue weighted by Crippen LogP contribution is 2.40. The molecule has 134 valence electrons. The van der Waals surface area contributed by atoms with Crippen LogP contribution >= 0.6 is 23.1 Å². The van der Waals surface area contributed by atoms with Crippen molar-refractivity contribution in [1.29, 1.82) is 0 Å². The molecule has 0 unspecified atom stereocenters. The summed E-state index contributed by atoms with van der Waals surface area (Å²) in [7, 11) is 0. The van der Waals surface area contributed by atoms with Crippen LogP contribution < -0.4 is 4.90 Å². The van der Waals surface area contributed by atoms with Gasteiger partial charge in [-0.3, -0.25) is 14.1 Å². The van der Waals surface area contributed by atoms with E-state index < -0.39 is 0 Å². The largest absolute Gasteiger partial charge is 0.306 e. The summed E-state index contributed by atoms with van der Waals surface area (Å²) in [6, 6.07) is 8.49. The predicted molar refractivity (Wildman–Crippen MR) is 106 cm³/mol. The third-order valence-corrected chi connectivity index (χ3v) is 7.07. The van der Waals surface area contributed by atoms with Gasteiger partial charge in [-0.2, -0.15) is 0 Å². The molecule has 7 heteroatoms. The summed E-state index contributed by atoms with van der Waals surface area (Å²) in [6.45, 7) is 3.77. The summed E-state index contributed by atoms with van der Waals surface area (Å²) in [6.07, 6.45) is 5.07. The molecule has 5 rings (SSSR count). The van der Waals surface area contributed by atoms with Crippen molar-refractivity contribution in [1.82, 2.24) is 14.3 Å². The number of thioether (sulfide) groups is 1. The number of imidazole rings is 1. The van der Waals surface area contributed by atoms with E-state index in [0.717, 1.165) is 35.9 Å². The van der Waals surface area contributed by atoms with Gasteiger partial charge in [0.1, 0.15) is 0 Å². The minimum atomic E-state index is -0.0153. The fourth-order valence-corrected chi connectivity index (χ4v) is 5.68. The lowest BCUT2D eigenvalue weighted by Crippen LogP contribution is -2.50. The van der Waals surface area contributed by atoms with Crippen molar-refractivity contribution in [2.45, 2.75) is 36.9 Å². The lowest BCUT2D eigenvalue weighted by atomic mass is 10.2. The zero-order chi connectivity index (χ0) is 17.8. The minimum absolute atomic E-state index is 0.0153. The van der Waals surface area contributed by atoms with E-state index in [4.69, 9.17) is 0 Å². The van der Waals surface area contributed by atoms with Crippen molar-refractivity contribution in [2.24, 2.45) is 0 Å². The number of nitrogens with zero attached hydrogens (tertiary/aromatic N) is 4. The molecule has 2 bridgehead atoms. The molecule has 0 spiro atoms. The standard InChI is InChI=1S/C19H20N4OS2/c1-12-16(22-7-8-26-19(22)20-12)11-21-10-13-9-15(21)18(24)23(13)14-5-3-4-6-17(14)25-2/h3-8,13,15H,9-11H2,1-2H3/t13-,15-/m0/s1. The average molecular weight is 385 g/mol. The molecule has 0 N–H and O–H groups in total. The molecule has 2 saturated heterocycles. The minimum Gasteiger partial charge on any atom is -0.306 e. The number of amides is 1. The van der Waals surface area contributed by atoms with E-state index >= 15 is 0 Å². The fourth-order valence-electron chi connectivity index (χ4n) is 4.31. The number of aryl methyl sites for hydroxylation is 1. The van der Waals surface area contributed by atoms with Crippen molar-refractivity contribution in [2.75, 3.05) is 17.7 Å². The summed E-state index contributed by atoms with van der Waals surface area (Å²) >= 11 is 3.36. The van der Waals surface area contributed by atoms with E-state index in [-0.39, 0.29) is 18.0 Å². The zero-order valence-corrected chi connectivity index (χ0v) is 16.4. The molecule has 2 aromatic heterocycles. The molecule has 26 heavy (non-hydrogen) atoms. The van der Waals surface area contributed by atoms with Crippen LogP contribution in [0.2, 0.25) is 0 Å². The van der Waals surface area contributed by atoms with Gasteiger partial charge in [-0.05, 0) is 31.7 Å². The number of fused-ring (bicyclic) bond motifs is 3. The van der Waals surface area contributed by atoms with E-state index in [1.807, 2.05) is 17.0 Å². The van der Waals surface area contributed by atoms with Crippen LogP contribution in [0.25, 0.3) is 4.96 Å². The summed E-state index contributed by atoms with van der Waals surface area (Å²) in [4.78, 5) is 24.3. The first-order valence-corrected chi connectivity index (χ1v) is 10.9. The fraction of sp³-hybridized carbons (Fsp3) is 0.368. The molecule has 4 heterocycles. The normalized spacial score (nSPS) is 22.8. The second-order valence-corrected chi connectivity index (χ2v) is 8.64. The summed E-state index contributed by atoms with van der Waals surface area (Å²) in [5, 5.41) is 2.06. The number of piperazine rings is 1. The Hall–Kier alpha value is -1.83. The molecule has 0 aliphatic carbocycles. The van der Waals surface area contributed by atoms with E-state index in [1.54, 1.807) is 23.1 Å². The van der Waals surface area contributed by atoms with Gasteiger partial charge >= 0.3 is 0 Å². The number of aromatic nitrogens is 2. The molecule has 0 saturated carbocycles. The van der Waals surface area contributed by atoms with E-state index in [1.165, 1.54) is 10.6 Å². The second-order valence-electron chi connectivity index (χ2n) is 6.91. The topological polar surface area (TPSA) is 40.9 Å². The Kier molecular flexibility index (Phi) is 3.84. The first-order chi connectivity index (χ1) is 12.7. The van der Waals surface area contributed by atoms with Gasteiger partial charge in [-0.15, -0.1) is 23.1 Å². The number of likely N-dealkylation sites (tertiary alicyclic amines) is 1. The van der Waals surface area contributed by atoms with Crippen LogP contribution in [-0.4, -0.2) is 45.1 Å². The number of anilines is 1. The van der Waals surface area contributed by atoms with Gasteiger partial charge < -0.3 is 4.90 Å². The summed E-state index contributed by atoms with van der Waals surface area (Å²) < 4.78 is 2.16. The third kappa shape index (κ3) is 2.34. The summed E-state index contributed by atoms with van der Waals surface area (Å²) in [5.41, 5.74) is 3.34. The SMILES string of the molecule is CSc1ccccc1N1C(=O)[C@@H]2C[C@H]1CN2Cc1c(C)nc2sccn12. The van der Waals surface area contributed by atoms with Crippen molar-refractivity contribution in [3.05, 3.63) is 47.2 Å². The van der Waals surface area contributed by atoms with Gasteiger partial charge in [0.15, 0.2) is 4.96 Å². The van der Waals surface area contributed by atoms with Crippen molar-refractivity contribution in [3.63, 3.8) is 0 Å². The molecular formula is C19H20N4OS2. The van der Waals surface area contributed by atoms with Gasteiger partial charge in [0, 0.05) is 29.6 Å². The Balaban J connectivity index is 1.41. The smallest absolute Gasteiger partial charge is 0.244 e. The molecule has 5 nitrogen and oxygen atoms in total. The maximum absolute atomic E-state index is 13.1. The highest BCUT2D eigenvalue weighted by molar-refractivity contribution is 7.98. The Labute approximate surface area is 160 Å². The van der Waals surface area contributed by atoms with E-state index in [2.05, 4.69) is 51.2 Å². The van der Waals surface area contributed by atoms with Crippen molar-refractivity contribution in [3.8, 4) is 0 Å². The third-order valence-electron chi connectivity index (χ3n) is 5.53. The molecule has 2 fully saturated rings. The Bertz CT molecular complexity index is 995. The van der Waals surface area contributed by atoms with Crippen molar-refractivity contribution >= 4 is 39.7 Å². The number of rotatable bonds is 4. The molecule has 2 aliphatic rings. The highest BCUT2D eigenvalue weighted by Gasteiger charge is 2.50. The first kappa shape index (κ1) is 16.4. The number of benzene rings is 1. The van der Waals surface area contributed by atoms with Gasteiger partial charge in [0.2, 0.25) is 5.91 Å². The molecule has 1 amide bonds. The summed E-state index contributed by atoms with van der Waals surface area (Å²) in [5.74, 6) is 0.242. The lowest BCUT2D eigenvalue weighted by molar-refractivity contribution is -0.122. The maximum atomic E-state index is 13.1. The lowest BCUT2D eigenvalue weighted by Gasteiger charge is -2.34. The highest BCUT2D eigenvalue weighted by atomic mass is 32.2. The van der Waals surface area contributed by atoms with Crippen LogP contribution in [-0.2, 0) is 11.3 Å². The Morgan fingerprint density at radius 2 is 2.19 bits per heavy atom. The van der Waals surface area contributed by atoms with Gasteiger partial charge in [-0.25, -0.2) is 4.98 Å². The van der Waals surface area contributed by atoms with Crippen LogP contribution in [0.4, 0.5) is 5.69 Å². The molecule has 2 aliphatic heterocycles. The number of hydrogen-bond donors (Lipinski definition) is 0. The molecular weight excluding hydrogens is 364 g/mol. The van der Waals surface area contributed by atoms with E-state index in [9.17, 15) is 4.79 Å². The number of thiazole rings is 1. The number of carbonyl (C=O) groups excluding carboxylic acids is 1. The number of hydrogen-bond acceptors (Lipinski definition) is 5. The van der Waals surface area contributed by atoms with Crippen LogP contribution in [0, 0.1) is 6.92 Å². The number of carbonyl (C=O) groups is 1. The monoisotopic (exact) mass is 384 g/mol. The van der Waals surface area contributed by atoms with Crippen LogP contribution in [0.5, 0.6) is 0 Å². The molecule has 3 aromatic rings. The quantitative estimate of drug-likeness (QED) is 0.647. The van der Waals surface area contributed by atoms with Crippen LogP contribution in [0.1, 0.15) is 17.8 Å². The van der Waals surface area contributed by atoms with Gasteiger partial charge in [0.05, 0.1) is 29.2 Å². The Morgan fingerprint density at radius 1 is 1.35 bits per heavy atom.